The first kappa shape index (κ1) is 17.8. The SMILES string of the molecule is CC(C)(C)OC(=O)NCc1ccccc1CNC1CCCOC1. The molecule has 1 aromatic carbocycles. The fourth-order valence-corrected chi connectivity index (χ4v) is 2.54. The molecule has 0 bridgehead atoms. The van der Waals surface area contributed by atoms with Crippen LogP contribution in [0.5, 0.6) is 0 Å². The van der Waals surface area contributed by atoms with Gasteiger partial charge in [0.15, 0.2) is 0 Å². The van der Waals surface area contributed by atoms with Gasteiger partial charge in [0.2, 0.25) is 0 Å². The predicted molar refractivity (Wildman–Crippen MR) is 90.2 cm³/mol. The van der Waals surface area contributed by atoms with Crippen LogP contribution in [0.2, 0.25) is 0 Å². The van der Waals surface area contributed by atoms with E-state index in [0.29, 0.717) is 12.6 Å². The zero-order valence-corrected chi connectivity index (χ0v) is 14.4. The highest BCUT2D eigenvalue weighted by Crippen LogP contribution is 2.12. The Bertz CT molecular complexity index is 505. The molecule has 1 aromatic rings. The van der Waals surface area contributed by atoms with Crippen LogP contribution in [0.15, 0.2) is 24.3 Å². The summed E-state index contributed by atoms with van der Waals surface area (Å²) in [5.41, 5.74) is 1.81. The number of rotatable bonds is 5. The van der Waals surface area contributed by atoms with E-state index in [-0.39, 0.29) is 6.09 Å². The van der Waals surface area contributed by atoms with Gasteiger partial charge in [-0.3, -0.25) is 0 Å². The third kappa shape index (κ3) is 6.59. The average molecular weight is 320 g/mol. The second-order valence-corrected chi connectivity index (χ2v) is 6.92. The molecule has 1 heterocycles. The lowest BCUT2D eigenvalue weighted by Crippen LogP contribution is -2.36. The van der Waals surface area contributed by atoms with E-state index in [1.165, 1.54) is 5.56 Å². The van der Waals surface area contributed by atoms with Crippen molar-refractivity contribution in [2.75, 3.05) is 13.2 Å². The second-order valence-electron chi connectivity index (χ2n) is 6.92. The Hall–Kier alpha value is -1.59. The molecule has 0 saturated carbocycles. The Morgan fingerprint density at radius 3 is 2.57 bits per heavy atom. The van der Waals surface area contributed by atoms with Gasteiger partial charge in [0.05, 0.1) is 6.61 Å². The highest BCUT2D eigenvalue weighted by atomic mass is 16.6. The minimum atomic E-state index is -0.480. The number of carbonyl (C=O) groups excluding carboxylic acids is 1. The summed E-state index contributed by atoms with van der Waals surface area (Å²) in [6, 6.07) is 8.54. The van der Waals surface area contributed by atoms with Gasteiger partial charge >= 0.3 is 6.09 Å². The summed E-state index contributed by atoms with van der Waals surface area (Å²) in [5.74, 6) is 0. The van der Waals surface area contributed by atoms with Crippen molar-refractivity contribution in [1.82, 2.24) is 10.6 Å². The third-order valence-electron chi connectivity index (χ3n) is 3.68. The van der Waals surface area contributed by atoms with Gasteiger partial charge in [0, 0.05) is 25.7 Å². The van der Waals surface area contributed by atoms with Crippen molar-refractivity contribution in [1.29, 1.82) is 0 Å². The molecule has 0 aliphatic carbocycles. The van der Waals surface area contributed by atoms with Gasteiger partial charge in [-0.25, -0.2) is 4.79 Å². The molecule has 1 fully saturated rings. The molecule has 1 aliphatic rings. The van der Waals surface area contributed by atoms with Crippen molar-refractivity contribution < 1.29 is 14.3 Å². The van der Waals surface area contributed by atoms with E-state index in [0.717, 1.165) is 38.2 Å². The molecule has 0 aromatic heterocycles. The molecule has 128 valence electrons. The number of carbonyl (C=O) groups is 1. The molecule has 0 spiro atoms. The van der Waals surface area contributed by atoms with Gasteiger partial charge in [0.25, 0.3) is 0 Å². The first-order valence-corrected chi connectivity index (χ1v) is 8.29. The third-order valence-corrected chi connectivity index (χ3v) is 3.68. The summed E-state index contributed by atoms with van der Waals surface area (Å²) in [5, 5.41) is 6.36. The lowest BCUT2D eigenvalue weighted by molar-refractivity contribution is 0.0523. The van der Waals surface area contributed by atoms with Crippen LogP contribution in [0.4, 0.5) is 4.79 Å². The van der Waals surface area contributed by atoms with E-state index >= 15 is 0 Å². The van der Waals surface area contributed by atoms with Gasteiger partial charge in [-0.2, -0.15) is 0 Å². The monoisotopic (exact) mass is 320 g/mol. The van der Waals surface area contributed by atoms with Crippen molar-refractivity contribution in [2.45, 2.75) is 58.3 Å². The Morgan fingerprint density at radius 1 is 1.26 bits per heavy atom. The number of nitrogens with one attached hydrogen (secondary N) is 2. The van der Waals surface area contributed by atoms with Gasteiger partial charge in [0.1, 0.15) is 5.60 Å². The maximum Gasteiger partial charge on any atom is 0.407 e. The quantitative estimate of drug-likeness (QED) is 0.875. The summed E-state index contributed by atoms with van der Waals surface area (Å²) >= 11 is 0. The maximum absolute atomic E-state index is 11.8. The molecule has 1 aliphatic heterocycles. The summed E-state index contributed by atoms with van der Waals surface area (Å²) in [6.45, 7) is 8.46. The lowest BCUT2D eigenvalue weighted by atomic mass is 10.1. The van der Waals surface area contributed by atoms with Crippen molar-refractivity contribution in [3.05, 3.63) is 35.4 Å². The Balaban J connectivity index is 1.85. The fourth-order valence-electron chi connectivity index (χ4n) is 2.54. The minimum Gasteiger partial charge on any atom is -0.444 e. The average Bonchev–Trinajstić information content (AvgIpc) is 2.51. The van der Waals surface area contributed by atoms with E-state index < -0.39 is 5.60 Å². The zero-order chi connectivity index (χ0) is 16.7. The van der Waals surface area contributed by atoms with Crippen LogP contribution < -0.4 is 10.6 Å². The van der Waals surface area contributed by atoms with Crippen molar-refractivity contribution in [2.24, 2.45) is 0 Å². The predicted octanol–water partition coefficient (Wildman–Crippen LogP) is 2.98. The fraction of sp³-hybridized carbons (Fsp3) is 0.611. The van der Waals surface area contributed by atoms with Gasteiger partial charge in [-0.15, -0.1) is 0 Å². The first-order valence-electron chi connectivity index (χ1n) is 8.29. The Labute approximate surface area is 138 Å². The number of alkyl carbamates (subject to hydrolysis) is 1. The minimum absolute atomic E-state index is 0.388. The van der Waals surface area contributed by atoms with Crippen molar-refractivity contribution >= 4 is 6.09 Å². The van der Waals surface area contributed by atoms with E-state index in [9.17, 15) is 4.79 Å². The number of amides is 1. The number of benzene rings is 1. The first-order chi connectivity index (χ1) is 10.9. The van der Waals surface area contributed by atoms with E-state index in [1.54, 1.807) is 0 Å². The Kier molecular flexibility index (Phi) is 6.42. The highest BCUT2D eigenvalue weighted by molar-refractivity contribution is 5.67. The maximum atomic E-state index is 11.8. The molecule has 1 atom stereocenters. The molecule has 0 radical (unpaired) electrons. The molecular formula is C18H28N2O3. The molecule has 5 nitrogen and oxygen atoms in total. The van der Waals surface area contributed by atoms with Gasteiger partial charge in [-0.1, -0.05) is 24.3 Å². The lowest BCUT2D eigenvalue weighted by Gasteiger charge is -2.24. The summed E-state index contributed by atoms with van der Waals surface area (Å²) in [4.78, 5) is 11.8. The number of ether oxygens (including phenoxy) is 2. The standard InChI is InChI=1S/C18H28N2O3/c1-18(2,3)23-17(21)20-12-15-8-5-4-7-14(15)11-19-16-9-6-10-22-13-16/h4-5,7-8,16,19H,6,9-13H2,1-3H3,(H,20,21). The number of hydrogen-bond acceptors (Lipinski definition) is 4. The highest BCUT2D eigenvalue weighted by Gasteiger charge is 2.16. The topological polar surface area (TPSA) is 59.6 Å². The van der Waals surface area contributed by atoms with Crippen LogP contribution in [0.25, 0.3) is 0 Å². The van der Waals surface area contributed by atoms with E-state index in [2.05, 4.69) is 16.7 Å². The molecule has 2 N–H and O–H groups in total. The Morgan fingerprint density at radius 2 is 1.96 bits per heavy atom. The van der Waals surface area contributed by atoms with E-state index in [1.807, 2.05) is 39.0 Å². The second kappa shape index (κ2) is 8.31. The molecular weight excluding hydrogens is 292 g/mol. The van der Waals surface area contributed by atoms with Crippen LogP contribution in [0.3, 0.4) is 0 Å². The zero-order valence-electron chi connectivity index (χ0n) is 14.4. The number of hydrogen-bond donors (Lipinski definition) is 2. The molecule has 1 unspecified atom stereocenters. The molecule has 5 heteroatoms. The van der Waals surface area contributed by atoms with Gasteiger partial charge < -0.3 is 20.1 Å². The van der Waals surface area contributed by atoms with Gasteiger partial charge in [-0.05, 0) is 44.7 Å². The van der Waals surface area contributed by atoms with Crippen LogP contribution in [-0.2, 0) is 22.6 Å². The van der Waals surface area contributed by atoms with Crippen molar-refractivity contribution in [3.8, 4) is 0 Å². The summed E-state index contributed by atoms with van der Waals surface area (Å²) in [6.07, 6.45) is 1.87. The van der Waals surface area contributed by atoms with Crippen LogP contribution in [0.1, 0.15) is 44.7 Å². The molecule has 1 amide bonds. The summed E-state index contributed by atoms with van der Waals surface area (Å²) < 4.78 is 10.8. The molecule has 2 rings (SSSR count). The van der Waals surface area contributed by atoms with Crippen molar-refractivity contribution in [3.63, 3.8) is 0 Å². The van der Waals surface area contributed by atoms with Crippen LogP contribution in [-0.4, -0.2) is 30.9 Å². The van der Waals surface area contributed by atoms with Crippen LogP contribution >= 0.6 is 0 Å². The van der Waals surface area contributed by atoms with Crippen LogP contribution in [0, 0.1) is 0 Å². The smallest absolute Gasteiger partial charge is 0.407 e. The molecule has 1 saturated heterocycles. The largest absolute Gasteiger partial charge is 0.444 e. The van der Waals surface area contributed by atoms with E-state index in [4.69, 9.17) is 9.47 Å². The normalized spacial score (nSPS) is 18.5. The molecule has 23 heavy (non-hydrogen) atoms. The summed E-state index contributed by atoms with van der Waals surface area (Å²) in [7, 11) is 0.